The highest BCUT2D eigenvalue weighted by Gasteiger charge is 2.26. The van der Waals surface area contributed by atoms with Crippen LogP contribution in [0.1, 0.15) is 12.0 Å². The third kappa shape index (κ3) is 3.07. The van der Waals surface area contributed by atoms with Crippen LogP contribution >= 0.6 is 0 Å². The van der Waals surface area contributed by atoms with Crippen LogP contribution < -0.4 is 4.72 Å². The maximum atomic E-state index is 11.6. The Labute approximate surface area is 102 Å². The molecule has 0 unspecified atom stereocenters. The number of hydrogen-bond donors (Lipinski definition) is 1. The molecule has 1 N–H and O–H groups in total. The minimum absolute atomic E-state index is 0.295. The van der Waals surface area contributed by atoms with Crippen LogP contribution in [-0.4, -0.2) is 32.4 Å². The number of nitrogens with zero attached hydrogens (tertiary/aromatic N) is 1. The zero-order valence-corrected chi connectivity index (χ0v) is 10.4. The number of hydrogen-bond acceptors (Lipinski definition) is 2. The second-order valence-electron chi connectivity index (χ2n) is 3.92. The van der Waals surface area contributed by atoms with Crippen molar-refractivity contribution in [3.05, 3.63) is 35.9 Å². The van der Waals surface area contributed by atoms with Gasteiger partial charge in [-0.1, -0.05) is 30.0 Å². The Morgan fingerprint density at radius 2 is 2.06 bits per heavy atom. The van der Waals surface area contributed by atoms with Crippen LogP contribution in [0.5, 0.6) is 0 Å². The lowest BCUT2D eigenvalue weighted by molar-refractivity contribution is 0.404. The summed E-state index contributed by atoms with van der Waals surface area (Å²) in [5, 5.41) is 0. The van der Waals surface area contributed by atoms with Gasteiger partial charge in [-0.2, -0.15) is 17.4 Å². The zero-order valence-electron chi connectivity index (χ0n) is 9.55. The van der Waals surface area contributed by atoms with Gasteiger partial charge in [-0.25, -0.2) is 0 Å². The van der Waals surface area contributed by atoms with Crippen molar-refractivity contribution in [1.82, 2.24) is 9.03 Å². The molecule has 0 saturated carbocycles. The summed E-state index contributed by atoms with van der Waals surface area (Å²) in [5.41, 5.74) is 0.894. The topological polar surface area (TPSA) is 49.4 Å². The molecule has 0 bridgehead atoms. The van der Waals surface area contributed by atoms with Gasteiger partial charge in [0.2, 0.25) is 0 Å². The Balaban J connectivity index is 2.09. The van der Waals surface area contributed by atoms with Gasteiger partial charge in [-0.3, -0.25) is 0 Å². The van der Waals surface area contributed by atoms with Crippen LogP contribution in [-0.2, 0) is 10.2 Å². The van der Waals surface area contributed by atoms with Crippen LogP contribution in [0.25, 0.3) is 0 Å². The van der Waals surface area contributed by atoms with Crippen molar-refractivity contribution in [2.24, 2.45) is 0 Å². The van der Waals surface area contributed by atoms with Crippen LogP contribution in [0, 0.1) is 11.8 Å². The SMILES string of the molecule is CN1CC[C@@H](C#Cc2ccccc2)NS1(=O)=O. The van der Waals surface area contributed by atoms with Crippen molar-refractivity contribution in [1.29, 1.82) is 0 Å². The summed E-state index contributed by atoms with van der Waals surface area (Å²) in [6.07, 6.45) is 0.704. The van der Waals surface area contributed by atoms with E-state index in [1.165, 1.54) is 4.31 Å². The molecule has 17 heavy (non-hydrogen) atoms. The predicted octanol–water partition coefficient (Wildman–Crippen LogP) is 0.577. The molecular weight excluding hydrogens is 236 g/mol. The monoisotopic (exact) mass is 250 g/mol. The summed E-state index contributed by atoms with van der Waals surface area (Å²) in [6, 6.07) is 9.23. The minimum atomic E-state index is -3.33. The van der Waals surface area contributed by atoms with E-state index in [0.717, 1.165) is 5.56 Å². The van der Waals surface area contributed by atoms with Gasteiger partial charge in [0, 0.05) is 19.2 Å². The van der Waals surface area contributed by atoms with Gasteiger partial charge in [-0.05, 0) is 18.6 Å². The van der Waals surface area contributed by atoms with Gasteiger partial charge in [-0.15, -0.1) is 0 Å². The molecule has 5 heteroatoms. The van der Waals surface area contributed by atoms with Crippen LogP contribution in [0.3, 0.4) is 0 Å². The largest absolute Gasteiger partial charge is 0.280 e. The van der Waals surface area contributed by atoms with E-state index in [1.807, 2.05) is 30.3 Å². The lowest BCUT2D eigenvalue weighted by Crippen LogP contribution is -2.49. The second kappa shape index (κ2) is 4.88. The van der Waals surface area contributed by atoms with Gasteiger partial charge in [0.05, 0.1) is 6.04 Å². The Bertz CT molecular complexity index is 543. The average molecular weight is 250 g/mol. The van der Waals surface area contributed by atoms with E-state index in [2.05, 4.69) is 16.6 Å². The minimum Gasteiger partial charge on any atom is -0.195 e. The van der Waals surface area contributed by atoms with Crippen molar-refractivity contribution in [2.75, 3.05) is 13.6 Å². The van der Waals surface area contributed by atoms with Crippen molar-refractivity contribution in [2.45, 2.75) is 12.5 Å². The first kappa shape index (κ1) is 12.1. The van der Waals surface area contributed by atoms with E-state index in [9.17, 15) is 8.42 Å². The standard InChI is InChI=1S/C12H14N2O2S/c1-14-10-9-12(13-17(14,15)16)8-7-11-5-3-2-4-6-11/h2-6,12-13H,9-10H2,1H3/t12-/m1/s1. The molecule has 4 nitrogen and oxygen atoms in total. The van der Waals surface area contributed by atoms with Gasteiger partial charge in [0.15, 0.2) is 0 Å². The average Bonchev–Trinajstić information content (AvgIpc) is 2.32. The molecule has 0 radical (unpaired) electrons. The zero-order chi connectivity index (χ0) is 12.3. The molecular formula is C12H14N2O2S. The van der Waals surface area contributed by atoms with Crippen LogP contribution in [0.2, 0.25) is 0 Å². The maximum Gasteiger partial charge on any atom is 0.280 e. The molecule has 1 fully saturated rings. The quantitative estimate of drug-likeness (QED) is 0.685. The fourth-order valence-electron chi connectivity index (χ4n) is 1.55. The molecule has 0 aromatic heterocycles. The summed E-state index contributed by atoms with van der Waals surface area (Å²) in [6.45, 7) is 0.503. The summed E-state index contributed by atoms with van der Waals surface area (Å²) in [7, 11) is -1.78. The maximum absolute atomic E-state index is 11.6. The Kier molecular flexibility index (Phi) is 3.48. The smallest absolute Gasteiger partial charge is 0.195 e. The molecule has 1 heterocycles. The van der Waals surface area contributed by atoms with Crippen LogP contribution in [0.4, 0.5) is 0 Å². The number of rotatable bonds is 0. The van der Waals surface area contributed by atoms with Gasteiger partial charge >= 0.3 is 0 Å². The Morgan fingerprint density at radius 3 is 2.71 bits per heavy atom. The molecule has 2 rings (SSSR count). The first-order valence-electron chi connectivity index (χ1n) is 5.38. The van der Waals surface area contributed by atoms with E-state index in [4.69, 9.17) is 0 Å². The van der Waals surface area contributed by atoms with E-state index < -0.39 is 10.2 Å². The molecule has 90 valence electrons. The van der Waals surface area contributed by atoms with Gasteiger partial charge in [0.1, 0.15) is 0 Å². The molecule has 1 aliphatic rings. The molecule has 1 atom stereocenters. The molecule has 1 saturated heterocycles. The third-order valence-corrected chi connectivity index (χ3v) is 4.18. The summed E-state index contributed by atoms with van der Waals surface area (Å²) in [5.74, 6) is 5.92. The van der Waals surface area contributed by atoms with Crippen molar-refractivity contribution >= 4 is 10.2 Å². The highest BCUT2D eigenvalue weighted by atomic mass is 32.2. The molecule has 0 aliphatic carbocycles. The number of nitrogens with one attached hydrogen (secondary N) is 1. The normalized spacial score (nSPS) is 23.7. The lowest BCUT2D eigenvalue weighted by Gasteiger charge is -2.26. The Morgan fingerprint density at radius 1 is 1.35 bits per heavy atom. The fourth-order valence-corrected chi connectivity index (χ4v) is 2.62. The van der Waals surface area contributed by atoms with E-state index >= 15 is 0 Å². The third-order valence-electron chi connectivity index (χ3n) is 2.60. The predicted molar refractivity (Wildman–Crippen MR) is 66.4 cm³/mol. The number of benzene rings is 1. The second-order valence-corrected chi connectivity index (χ2v) is 5.73. The van der Waals surface area contributed by atoms with Crippen molar-refractivity contribution in [3.8, 4) is 11.8 Å². The van der Waals surface area contributed by atoms with Crippen molar-refractivity contribution < 1.29 is 8.42 Å². The summed E-state index contributed by atoms with van der Waals surface area (Å²) < 4.78 is 26.9. The van der Waals surface area contributed by atoms with Crippen LogP contribution in [0.15, 0.2) is 30.3 Å². The Hall–Kier alpha value is -1.35. The highest BCUT2D eigenvalue weighted by molar-refractivity contribution is 7.87. The molecule has 0 spiro atoms. The van der Waals surface area contributed by atoms with Crippen molar-refractivity contribution in [3.63, 3.8) is 0 Å². The van der Waals surface area contributed by atoms with E-state index in [-0.39, 0.29) is 6.04 Å². The fraction of sp³-hybridized carbons (Fsp3) is 0.333. The summed E-state index contributed by atoms with van der Waals surface area (Å²) in [4.78, 5) is 0. The van der Waals surface area contributed by atoms with E-state index in [1.54, 1.807) is 7.05 Å². The molecule has 1 aromatic rings. The van der Waals surface area contributed by atoms with Gasteiger partial charge in [0.25, 0.3) is 10.2 Å². The van der Waals surface area contributed by atoms with Gasteiger partial charge < -0.3 is 0 Å². The summed E-state index contributed by atoms with van der Waals surface area (Å²) >= 11 is 0. The highest BCUT2D eigenvalue weighted by Crippen LogP contribution is 2.07. The van der Waals surface area contributed by atoms with E-state index in [0.29, 0.717) is 13.0 Å². The molecule has 0 amide bonds. The lowest BCUT2D eigenvalue weighted by atomic mass is 10.2. The molecule has 1 aromatic carbocycles. The molecule has 1 aliphatic heterocycles. The first-order valence-corrected chi connectivity index (χ1v) is 6.82. The first-order chi connectivity index (χ1) is 8.08.